The highest BCUT2D eigenvalue weighted by atomic mass is 28.4. The van der Waals surface area contributed by atoms with E-state index < -0.39 is 8.32 Å². The van der Waals surface area contributed by atoms with E-state index in [4.69, 9.17) is 4.43 Å². The van der Waals surface area contributed by atoms with Gasteiger partial charge >= 0.3 is 0 Å². The van der Waals surface area contributed by atoms with Crippen LogP contribution in [0, 0.1) is 5.92 Å². The Labute approximate surface area is 137 Å². The fourth-order valence-electron chi connectivity index (χ4n) is 3.14. The molecule has 0 bridgehead atoms. The van der Waals surface area contributed by atoms with E-state index in [0.717, 1.165) is 18.9 Å². The molecule has 2 heteroatoms. The molecule has 1 aliphatic rings. The second-order valence-electron chi connectivity index (χ2n) is 7.59. The van der Waals surface area contributed by atoms with Crippen molar-refractivity contribution in [3.63, 3.8) is 0 Å². The summed E-state index contributed by atoms with van der Waals surface area (Å²) in [4.78, 5) is 0. The fraction of sp³-hybridized carbons (Fsp3) is 0.600. The van der Waals surface area contributed by atoms with Crippen LogP contribution in [-0.4, -0.2) is 14.9 Å². The van der Waals surface area contributed by atoms with Gasteiger partial charge in [-0.25, -0.2) is 0 Å². The van der Waals surface area contributed by atoms with Crippen molar-refractivity contribution in [2.45, 2.75) is 64.1 Å². The number of hydrogen-bond acceptors (Lipinski definition) is 1. The first-order valence-corrected chi connectivity index (χ1v) is 12.3. The Kier molecular flexibility index (Phi) is 6.91. The Hall–Kier alpha value is -0.863. The number of benzene rings is 1. The number of rotatable bonds is 7. The molecule has 0 unspecified atom stereocenters. The van der Waals surface area contributed by atoms with Gasteiger partial charge in [0.05, 0.1) is 0 Å². The van der Waals surface area contributed by atoms with Crippen LogP contribution < -0.4 is 0 Å². The van der Waals surface area contributed by atoms with Crippen molar-refractivity contribution in [2.75, 3.05) is 6.61 Å². The third-order valence-corrected chi connectivity index (χ3v) is 5.50. The summed E-state index contributed by atoms with van der Waals surface area (Å²) >= 11 is 0. The SMILES string of the molecule is C[Si](C)(C)OC[C@H](C/C=C/C1CCCCC1)c1ccccc1. The Bertz CT molecular complexity index is 441. The van der Waals surface area contributed by atoms with E-state index in [0.29, 0.717) is 5.92 Å². The summed E-state index contributed by atoms with van der Waals surface area (Å²) in [5, 5.41) is 0. The summed E-state index contributed by atoms with van der Waals surface area (Å²) in [6, 6.07) is 10.9. The van der Waals surface area contributed by atoms with Crippen LogP contribution in [0.4, 0.5) is 0 Å². The van der Waals surface area contributed by atoms with E-state index in [1.54, 1.807) is 0 Å². The van der Waals surface area contributed by atoms with Crippen molar-refractivity contribution >= 4 is 8.32 Å². The minimum Gasteiger partial charge on any atom is -0.417 e. The van der Waals surface area contributed by atoms with E-state index >= 15 is 0 Å². The summed E-state index contributed by atoms with van der Waals surface area (Å²) < 4.78 is 6.19. The van der Waals surface area contributed by atoms with E-state index in [1.807, 2.05) is 0 Å². The molecular weight excluding hydrogens is 284 g/mol. The quantitative estimate of drug-likeness (QED) is 0.433. The largest absolute Gasteiger partial charge is 0.417 e. The zero-order chi connectivity index (χ0) is 15.8. The summed E-state index contributed by atoms with van der Waals surface area (Å²) in [6.07, 6.45) is 13.0. The van der Waals surface area contributed by atoms with Gasteiger partial charge in [0.15, 0.2) is 8.32 Å². The molecule has 0 N–H and O–H groups in total. The zero-order valence-electron chi connectivity index (χ0n) is 14.6. The van der Waals surface area contributed by atoms with Gasteiger partial charge in [-0.1, -0.05) is 61.7 Å². The first-order valence-electron chi connectivity index (χ1n) is 8.90. The molecule has 2 rings (SSSR count). The molecule has 1 aliphatic carbocycles. The number of allylic oxidation sites excluding steroid dienone is 2. The fourth-order valence-corrected chi connectivity index (χ4v) is 3.84. The minimum absolute atomic E-state index is 0.493. The van der Waals surface area contributed by atoms with Crippen LogP contribution in [0.25, 0.3) is 0 Å². The average molecular weight is 317 g/mol. The molecule has 0 spiro atoms. The third-order valence-electron chi connectivity index (χ3n) is 4.47. The van der Waals surface area contributed by atoms with Crippen molar-refractivity contribution in [2.24, 2.45) is 5.92 Å². The van der Waals surface area contributed by atoms with Gasteiger partial charge in [-0.15, -0.1) is 0 Å². The highest BCUT2D eigenvalue weighted by Crippen LogP contribution is 2.26. The van der Waals surface area contributed by atoms with Gasteiger partial charge < -0.3 is 4.43 Å². The van der Waals surface area contributed by atoms with Crippen molar-refractivity contribution in [1.29, 1.82) is 0 Å². The molecule has 22 heavy (non-hydrogen) atoms. The lowest BCUT2D eigenvalue weighted by Gasteiger charge is -2.23. The lowest BCUT2D eigenvalue weighted by molar-refractivity contribution is 0.282. The molecular formula is C20H32OSi. The number of hydrogen-bond donors (Lipinski definition) is 0. The normalized spacial score (nSPS) is 18.7. The zero-order valence-corrected chi connectivity index (χ0v) is 15.6. The molecule has 1 nitrogen and oxygen atoms in total. The molecule has 1 fully saturated rings. The van der Waals surface area contributed by atoms with E-state index in [1.165, 1.54) is 37.7 Å². The molecule has 122 valence electrons. The molecule has 1 atom stereocenters. The minimum atomic E-state index is -1.45. The molecule has 0 heterocycles. The lowest BCUT2D eigenvalue weighted by atomic mass is 9.88. The van der Waals surface area contributed by atoms with Gasteiger partial charge in [-0.3, -0.25) is 0 Å². The lowest BCUT2D eigenvalue weighted by Crippen LogP contribution is -2.28. The highest BCUT2D eigenvalue weighted by Gasteiger charge is 2.18. The van der Waals surface area contributed by atoms with Crippen molar-refractivity contribution < 1.29 is 4.43 Å². The van der Waals surface area contributed by atoms with Gasteiger partial charge in [0.2, 0.25) is 0 Å². The maximum atomic E-state index is 6.19. The second kappa shape index (κ2) is 8.69. The molecule has 1 aromatic carbocycles. The van der Waals surface area contributed by atoms with Gasteiger partial charge in [0, 0.05) is 12.5 Å². The van der Waals surface area contributed by atoms with Crippen LogP contribution in [0.1, 0.15) is 50.0 Å². The molecule has 0 aliphatic heterocycles. The van der Waals surface area contributed by atoms with E-state index in [9.17, 15) is 0 Å². The summed E-state index contributed by atoms with van der Waals surface area (Å²) in [5.41, 5.74) is 1.41. The van der Waals surface area contributed by atoms with Crippen molar-refractivity contribution in [1.82, 2.24) is 0 Å². The second-order valence-corrected chi connectivity index (χ2v) is 12.1. The first kappa shape index (κ1) is 17.5. The Morgan fingerprint density at radius 3 is 2.41 bits per heavy atom. The van der Waals surface area contributed by atoms with Crippen LogP contribution >= 0.6 is 0 Å². The summed E-state index contributed by atoms with van der Waals surface area (Å²) in [6.45, 7) is 7.67. The molecule has 1 saturated carbocycles. The van der Waals surface area contributed by atoms with Crippen LogP contribution in [0.3, 0.4) is 0 Å². The topological polar surface area (TPSA) is 9.23 Å². The molecule has 1 aromatic rings. The Balaban J connectivity index is 1.93. The van der Waals surface area contributed by atoms with Crippen LogP contribution in [-0.2, 0) is 4.43 Å². The highest BCUT2D eigenvalue weighted by molar-refractivity contribution is 6.69. The van der Waals surface area contributed by atoms with Gasteiger partial charge in [-0.05, 0) is 50.4 Å². The smallest absolute Gasteiger partial charge is 0.183 e. The Morgan fingerprint density at radius 1 is 1.09 bits per heavy atom. The Morgan fingerprint density at radius 2 is 1.77 bits per heavy atom. The molecule has 0 radical (unpaired) electrons. The molecule has 0 amide bonds. The van der Waals surface area contributed by atoms with Crippen molar-refractivity contribution in [3.8, 4) is 0 Å². The first-order chi connectivity index (χ1) is 10.5. The van der Waals surface area contributed by atoms with Gasteiger partial charge in [-0.2, -0.15) is 0 Å². The van der Waals surface area contributed by atoms with E-state index in [2.05, 4.69) is 62.1 Å². The van der Waals surface area contributed by atoms with Crippen LogP contribution in [0.15, 0.2) is 42.5 Å². The standard InChI is InChI=1S/C20H32OSi/c1-22(2,3)21-17-20(19-14-8-5-9-15-19)16-10-13-18-11-6-4-7-12-18/h5,8-10,13-15,18,20H,4,6-7,11-12,16-17H2,1-3H3/b13-10+/t20-/m0/s1. The van der Waals surface area contributed by atoms with Crippen molar-refractivity contribution in [3.05, 3.63) is 48.0 Å². The third kappa shape index (κ3) is 6.49. The average Bonchev–Trinajstić information content (AvgIpc) is 2.51. The predicted octanol–water partition coefficient (Wildman–Crippen LogP) is 6.15. The van der Waals surface area contributed by atoms with Gasteiger partial charge in [0.1, 0.15) is 0 Å². The summed E-state index contributed by atoms with van der Waals surface area (Å²) in [7, 11) is -1.45. The predicted molar refractivity (Wildman–Crippen MR) is 98.8 cm³/mol. The maximum Gasteiger partial charge on any atom is 0.183 e. The molecule has 0 aromatic heterocycles. The van der Waals surface area contributed by atoms with Crippen LogP contribution in [0.2, 0.25) is 19.6 Å². The summed E-state index contributed by atoms with van der Waals surface area (Å²) in [5.74, 6) is 1.32. The van der Waals surface area contributed by atoms with Gasteiger partial charge in [0.25, 0.3) is 0 Å². The van der Waals surface area contributed by atoms with E-state index in [-0.39, 0.29) is 0 Å². The molecule has 0 saturated heterocycles. The monoisotopic (exact) mass is 316 g/mol. The maximum absolute atomic E-state index is 6.19. The van der Waals surface area contributed by atoms with Crippen LogP contribution in [0.5, 0.6) is 0 Å².